The number of aryl methyl sites for hydroxylation is 2. The summed E-state index contributed by atoms with van der Waals surface area (Å²) >= 11 is 0. The van der Waals surface area contributed by atoms with Gasteiger partial charge in [0.05, 0.1) is 22.5 Å². The topological polar surface area (TPSA) is 227 Å². The van der Waals surface area contributed by atoms with Gasteiger partial charge in [-0.15, -0.1) is 0 Å². The normalized spacial score (nSPS) is 17.7. The Hall–Kier alpha value is -6.72. The lowest BCUT2D eigenvalue weighted by Gasteiger charge is -2.34. The fourth-order valence-electron chi connectivity index (χ4n) is 8.79. The molecule has 0 radical (unpaired) electrons. The number of hydrogen-bond donors (Lipinski definition) is 6. The first-order valence-corrected chi connectivity index (χ1v) is 22.6. The summed E-state index contributed by atoms with van der Waals surface area (Å²) in [5.74, 6) is 16.1. The second-order valence-corrected chi connectivity index (χ2v) is 17.1. The van der Waals surface area contributed by atoms with Gasteiger partial charge in [-0.05, 0) is 89.5 Å². The van der Waals surface area contributed by atoms with Crippen molar-refractivity contribution in [3.8, 4) is 23.7 Å². The number of piperidine rings is 2. The van der Waals surface area contributed by atoms with E-state index in [1.165, 1.54) is 19.3 Å². The highest BCUT2D eigenvalue weighted by molar-refractivity contribution is 5.80. The van der Waals surface area contributed by atoms with Gasteiger partial charge in [0.1, 0.15) is 23.3 Å². The van der Waals surface area contributed by atoms with E-state index in [1.807, 2.05) is 32.0 Å². The van der Waals surface area contributed by atoms with Crippen LogP contribution in [0.4, 0.5) is 35.2 Å². The summed E-state index contributed by atoms with van der Waals surface area (Å²) in [6, 6.07) is 7.72. The van der Waals surface area contributed by atoms with E-state index in [2.05, 4.69) is 74.9 Å². The summed E-state index contributed by atoms with van der Waals surface area (Å²) in [4.78, 5) is 58.1. The maximum Gasteiger partial charge on any atom is 0.244 e. The largest absolute Gasteiger partial charge is 0.384 e. The smallest absolute Gasteiger partial charge is 0.244 e. The molecule has 3 saturated heterocycles. The molecule has 17 nitrogen and oxygen atoms in total. The molecule has 17 heteroatoms. The summed E-state index contributed by atoms with van der Waals surface area (Å²) in [5, 5.41) is 6.55. The molecular formula is C47H58N14O3. The number of hydrogen-bond acceptors (Lipinski definition) is 15. The second-order valence-electron chi connectivity index (χ2n) is 17.1. The van der Waals surface area contributed by atoms with Gasteiger partial charge in [-0.2, -0.15) is 9.97 Å². The van der Waals surface area contributed by atoms with E-state index < -0.39 is 0 Å². The van der Waals surface area contributed by atoms with Crippen LogP contribution in [-0.2, 0) is 14.3 Å². The number of aromatic nitrogens is 6. The van der Waals surface area contributed by atoms with Gasteiger partial charge in [0.2, 0.25) is 23.7 Å². The summed E-state index contributed by atoms with van der Waals surface area (Å²) in [5.41, 5.74) is 22.4. The van der Waals surface area contributed by atoms with E-state index >= 15 is 0 Å². The summed E-state index contributed by atoms with van der Waals surface area (Å²) in [6.45, 7) is 7.80. The number of ether oxygens (including phenoxy) is 1. The van der Waals surface area contributed by atoms with Crippen LogP contribution >= 0.6 is 0 Å². The van der Waals surface area contributed by atoms with Crippen LogP contribution in [0.2, 0.25) is 0 Å². The molecule has 4 fully saturated rings. The zero-order chi connectivity index (χ0) is 44.4. The quantitative estimate of drug-likeness (QED) is 0.102. The van der Waals surface area contributed by atoms with Gasteiger partial charge < -0.3 is 36.6 Å². The Kier molecular flexibility index (Phi) is 14.2. The number of hydrazine groups is 1. The fourth-order valence-corrected chi connectivity index (χ4v) is 8.79. The van der Waals surface area contributed by atoms with Crippen molar-refractivity contribution in [1.29, 1.82) is 0 Å². The molecule has 0 atom stereocenters. The highest BCUT2D eigenvalue weighted by atomic mass is 16.5. The van der Waals surface area contributed by atoms with E-state index in [0.717, 1.165) is 44.1 Å². The molecule has 2 amide bonds. The number of nitrogen functional groups attached to an aromatic ring is 2. The molecular weight excluding hydrogens is 809 g/mol. The third kappa shape index (κ3) is 11.3. The number of anilines is 6. The molecule has 4 aliphatic rings. The van der Waals surface area contributed by atoms with Crippen molar-refractivity contribution in [2.24, 2.45) is 11.8 Å². The Morgan fingerprint density at radius 3 is 1.73 bits per heavy atom. The molecule has 4 aromatic heterocycles. The first kappa shape index (κ1) is 43.9. The van der Waals surface area contributed by atoms with Gasteiger partial charge >= 0.3 is 0 Å². The number of nitrogens with zero attached hydrogens (tertiary/aromatic N) is 8. The molecule has 3 aliphatic heterocycles. The van der Waals surface area contributed by atoms with Crippen molar-refractivity contribution in [2.45, 2.75) is 96.6 Å². The van der Waals surface area contributed by atoms with E-state index in [1.54, 1.807) is 18.5 Å². The van der Waals surface area contributed by atoms with Crippen molar-refractivity contribution in [3.05, 3.63) is 70.3 Å². The van der Waals surface area contributed by atoms with E-state index in [-0.39, 0.29) is 35.6 Å². The van der Waals surface area contributed by atoms with E-state index in [9.17, 15) is 9.59 Å². The van der Waals surface area contributed by atoms with Gasteiger partial charge in [-0.25, -0.2) is 19.9 Å². The monoisotopic (exact) mass is 866 g/mol. The minimum Gasteiger partial charge on any atom is -0.384 e. The third-order valence-electron chi connectivity index (χ3n) is 12.5. The molecule has 0 unspecified atom stereocenters. The van der Waals surface area contributed by atoms with Crippen molar-refractivity contribution in [2.75, 3.05) is 71.5 Å². The molecule has 64 heavy (non-hydrogen) atoms. The predicted molar refractivity (Wildman–Crippen MR) is 247 cm³/mol. The number of nitrogens with two attached hydrogens (primary N) is 2. The van der Waals surface area contributed by atoms with Crippen LogP contribution in [0.15, 0.2) is 36.7 Å². The lowest BCUT2D eigenvalue weighted by molar-refractivity contribution is -0.127. The predicted octanol–water partition coefficient (Wildman–Crippen LogP) is 4.25. The van der Waals surface area contributed by atoms with Gasteiger partial charge in [0, 0.05) is 86.8 Å². The van der Waals surface area contributed by atoms with Gasteiger partial charge in [-0.3, -0.25) is 20.4 Å². The number of pyridine rings is 2. The SMILES string of the molecule is Cc1nc(N)nc(N2CCC(C(=O)NC3CCOCC3)CC2)c1C#Cc1ccc(NNc2nc(C)c(C#Cc3ccc(N)nc3)c(N3CCC(C(=O)NC4CCCCC4)CC3)n2)nc1. The van der Waals surface area contributed by atoms with Crippen LogP contribution in [0.5, 0.6) is 0 Å². The molecule has 8 N–H and O–H groups in total. The minimum absolute atomic E-state index is 0.0357. The van der Waals surface area contributed by atoms with Crippen LogP contribution < -0.4 is 42.8 Å². The maximum absolute atomic E-state index is 13.2. The molecule has 4 aromatic rings. The first-order valence-electron chi connectivity index (χ1n) is 22.6. The molecule has 8 rings (SSSR count). The average Bonchev–Trinajstić information content (AvgIpc) is 3.31. The van der Waals surface area contributed by atoms with Gasteiger partial charge in [-0.1, -0.05) is 42.9 Å². The minimum atomic E-state index is -0.0502. The summed E-state index contributed by atoms with van der Waals surface area (Å²) in [6.07, 6.45) is 13.6. The highest BCUT2D eigenvalue weighted by Gasteiger charge is 2.31. The van der Waals surface area contributed by atoms with Crippen LogP contribution in [-0.4, -0.2) is 93.2 Å². The molecule has 0 bridgehead atoms. The summed E-state index contributed by atoms with van der Waals surface area (Å²) < 4.78 is 5.44. The van der Waals surface area contributed by atoms with Gasteiger partial charge in [0.15, 0.2) is 0 Å². The molecule has 0 aromatic carbocycles. The Bertz CT molecular complexity index is 2400. The number of carbonyl (C=O) groups excluding carboxylic acids is 2. The van der Waals surface area contributed by atoms with Crippen LogP contribution in [0.3, 0.4) is 0 Å². The number of rotatable bonds is 9. The van der Waals surface area contributed by atoms with Gasteiger partial charge in [0.25, 0.3) is 0 Å². The molecule has 1 aliphatic carbocycles. The molecule has 334 valence electrons. The van der Waals surface area contributed by atoms with Crippen LogP contribution in [0, 0.1) is 49.4 Å². The Morgan fingerprint density at radius 1 is 0.625 bits per heavy atom. The zero-order valence-electron chi connectivity index (χ0n) is 36.8. The fraction of sp³-hybridized carbons (Fsp3) is 0.489. The third-order valence-corrected chi connectivity index (χ3v) is 12.5. The number of carbonyl (C=O) groups is 2. The Morgan fingerprint density at radius 2 is 1.17 bits per heavy atom. The standard InChI is InChI=1S/C47H58N14O3/c1-30-38(42(56-46(49)52-30)60-22-16-35(17-23-60)45(63)55-37-20-26-64-27-21-37)12-9-33-11-15-41(51-29-33)58-59-47-53-31(2)39(13-8-32-10-14-40(48)50-28-32)43(57-47)61-24-18-34(19-25-61)44(62)54-36-6-4-3-5-7-36/h10-11,14-15,28-29,34-37H,3-7,16-27H2,1-2H3,(H2,48,50)(H,51,58)(H,54,62)(H,55,63)(H2,49,52,56)(H,53,57,59). The van der Waals surface area contributed by atoms with Crippen LogP contribution in [0.1, 0.15) is 104 Å². The van der Waals surface area contributed by atoms with Crippen molar-refractivity contribution in [3.63, 3.8) is 0 Å². The molecule has 0 spiro atoms. The number of nitrogens with one attached hydrogen (secondary N) is 4. The first-order chi connectivity index (χ1) is 31.1. The lowest BCUT2D eigenvalue weighted by atomic mass is 9.92. The number of amides is 2. The van der Waals surface area contributed by atoms with Crippen molar-refractivity contribution >= 4 is 47.0 Å². The second kappa shape index (κ2) is 20.6. The van der Waals surface area contributed by atoms with Crippen molar-refractivity contribution in [1.82, 2.24) is 40.5 Å². The molecule has 7 heterocycles. The Balaban J connectivity index is 0.923. The van der Waals surface area contributed by atoms with E-state index in [4.69, 9.17) is 26.2 Å². The zero-order valence-corrected chi connectivity index (χ0v) is 36.8. The Labute approximate surface area is 374 Å². The van der Waals surface area contributed by atoms with E-state index in [0.29, 0.717) is 116 Å². The average molecular weight is 867 g/mol. The lowest BCUT2D eigenvalue weighted by Crippen LogP contribution is -2.45. The summed E-state index contributed by atoms with van der Waals surface area (Å²) in [7, 11) is 0. The van der Waals surface area contributed by atoms with Crippen molar-refractivity contribution < 1.29 is 14.3 Å². The molecule has 1 saturated carbocycles. The van der Waals surface area contributed by atoms with Crippen LogP contribution in [0.25, 0.3) is 0 Å². The maximum atomic E-state index is 13.2. The highest BCUT2D eigenvalue weighted by Crippen LogP contribution is 2.30.